The molecule has 0 radical (unpaired) electrons. The average Bonchev–Trinajstić information content (AvgIpc) is 2.33. The molecule has 0 aromatic heterocycles. The van der Waals surface area contributed by atoms with Crippen LogP contribution in [0.25, 0.3) is 0 Å². The van der Waals surface area contributed by atoms with Gasteiger partial charge in [0.1, 0.15) is 6.61 Å². The SMILES string of the molecule is CC=CC=CCOC(=O)CCCCCCCC. The number of rotatable bonds is 10. The number of carbonyl (C=O) groups excluding carboxylic acids is 1. The molecule has 0 atom stereocenters. The summed E-state index contributed by atoms with van der Waals surface area (Å²) in [7, 11) is 0. The maximum Gasteiger partial charge on any atom is 0.306 e. The molecule has 2 nitrogen and oxygen atoms in total. The van der Waals surface area contributed by atoms with E-state index < -0.39 is 0 Å². The minimum absolute atomic E-state index is 0.0781. The highest BCUT2D eigenvalue weighted by Crippen LogP contribution is 2.07. The Labute approximate surface area is 106 Å². The summed E-state index contributed by atoms with van der Waals surface area (Å²) in [6, 6.07) is 0. The lowest BCUT2D eigenvalue weighted by atomic mass is 10.1. The average molecular weight is 238 g/mol. The number of carbonyl (C=O) groups is 1. The van der Waals surface area contributed by atoms with Gasteiger partial charge >= 0.3 is 5.97 Å². The summed E-state index contributed by atoms with van der Waals surface area (Å²) in [6.07, 6.45) is 15.3. The van der Waals surface area contributed by atoms with Gasteiger partial charge in [0.15, 0.2) is 0 Å². The van der Waals surface area contributed by atoms with Crippen molar-refractivity contribution in [2.75, 3.05) is 6.61 Å². The van der Waals surface area contributed by atoms with Crippen molar-refractivity contribution in [2.45, 2.75) is 58.8 Å². The number of esters is 1. The molecule has 0 aliphatic heterocycles. The highest BCUT2D eigenvalue weighted by atomic mass is 16.5. The second-order valence-electron chi connectivity index (χ2n) is 4.15. The molecular weight excluding hydrogens is 212 g/mol. The van der Waals surface area contributed by atoms with Crippen LogP contribution in [0, 0.1) is 0 Å². The Morgan fingerprint density at radius 2 is 1.76 bits per heavy atom. The summed E-state index contributed by atoms with van der Waals surface area (Å²) >= 11 is 0. The second kappa shape index (κ2) is 13.0. The van der Waals surface area contributed by atoms with Crippen LogP contribution >= 0.6 is 0 Å². The molecule has 17 heavy (non-hydrogen) atoms. The molecule has 0 aliphatic carbocycles. The molecule has 0 N–H and O–H groups in total. The van der Waals surface area contributed by atoms with Crippen molar-refractivity contribution in [3.8, 4) is 0 Å². The maximum atomic E-state index is 11.3. The summed E-state index contributed by atoms with van der Waals surface area (Å²) < 4.78 is 5.06. The van der Waals surface area contributed by atoms with Gasteiger partial charge in [-0.3, -0.25) is 4.79 Å². The molecule has 0 saturated carbocycles. The van der Waals surface area contributed by atoms with Crippen molar-refractivity contribution in [1.82, 2.24) is 0 Å². The van der Waals surface area contributed by atoms with Crippen molar-refractivity contribution in [2.24, 2.45) is 0 Å². The Hall–Kier alpha value is -1.05. The predicted octanol–water partition coefficient (Wildman–Crippen LogP) is 4.41. The zero-order valence-corrected chi connectivity index (χ0v) is 11.3. The Bertz CT molecular complexity index is 229. The smallest absolute Gasteiger partial charge is 0.306 e. The van der Waals surface area contributed by atoms with Crippen molar-refractivity contribution >= 4 is 5.97 Å². The molecule has 0 unspecified atom stereocenters. The van der Waals surface area contributed by atoms with E-state index in [1.165, 1.54) is 25.7 Å². The third-order valence-corrected chi connectivity index (χ3v) is 2.51. The van der Waals surface area contributed by atoms with Gasteiger partial charge in [-0.05, 0) is 19.4 Å². The highest BCUT2D eigenvalue weighted by Gasteiger charge is 2.00. The van der Waals surface area contributed by atoms with Crippen LogP contribution in [0.4, 0.5) is 0 Å². The van der Waals surface area contributed by atoms with Gasteiger partial charge in [-0.1, -0.05) is 57.3 Å². The lowest BCUT2D eigenvalue weighted by molar-refractivity contribution is -0.142. The van der Waals surface area contributed by atoms with Gasteiger partial charge in [0.05, 0.1) is 0 Å². The zero-order chi connectivity index (χ0) is 12.8. The molecule has 0 aromatic carbocycles. The van der Waals surface area contributed by atoms with Crippen molar-refractivity contribution in [3.63, 3.8) is 0 Å². The molecule has 0 spiro atoms. The molecule has 0 rings (SSSR count). The maximum absolute atomic E-state index is 11.3. The lowest BCUT2D eigenvalue weighted by Gasteiger charge is -2.02. The monoisotopic (exact) mass is 238 g/mol. The van der Waals surface area contributed by atoms with E-state index in [4.69, 9.17) is 4.74 Å². The van der Waals surface area contributed by atoms with E-state index in [0.29, 0.717) is 13.0 Å². The van der Waals surface area contributed by atoms with Crippen molar-refractivity contribution in [1.29, 1.82) is 0 Å². The Morgan fingerprint density at radius 1 is 1.06 bits per heavy atom. The fraction of sp³-hybridized carbons (Fsp3) is 0.667. The molecule has 0 aromatic rings. The number of allylic oxidation sites excluding steroid dienone is 3. The summed E-state index contributed by atoms with van der Waals surface area (Å²) in [5.74, 6) is -0.0781. The van der Waals surface area contributed by atoms with Crippen molar-refractivity contribution < 1.29 is 9.53 Å². The van der Waals surface area contributed by atoms with Crippen LogP contribution in [-0.4, -0.2) is 12.6 Å². The van der Waals surface area contributed by atoms with E-state index in [9.17, 15) is 4.79 Å². The number of hydrogen-bond donors (Lipinski definition) is 0. The fourth-order valence-corrected chi connectivity index (χ4v) is 1.51. The van der Waals surface area contributed by atoms with E-state index in [2.05, 4.69) is 6.92 Å². The van der Waals surface area contributed by atoms with Crippen LogP contribution < -0.4 is 0 Å². The van der Waals surface area contributed by atoms with Gasteiger partial charge in [-0.2, -0.15) is 0 Å². The van der Waals surface area contributed by atoms with Crippen LogP contribution in [0.2, 0.25) is 0 Å². The first kappa shape index (κ1) is 16.0. The minimum Gasteiger partial charge on any atom is -0.461 e. The second-order valence-corrected chi connectivity index (χ2v) is 4.15. The van der Waals surface area contributed by atoms with Crippen LogP contribution in [0.5, 0.6) is 0 Å². The quantitative estimate of drug-likeness (QED) is 0.320. The molecule has 0 amide bonds. The van der Waals surface area contributed by atoms with Gasteiger partial charge in [0.25, 0.3) is 0 Å². The summed E-state index contributed by atoms with van der Waals surface area (Å²) in [5.41, 5.74) is 0. The van der Waals surface area contributed by atoms with E-state index in [1.54, 1.807) is 0 Å². The molecule has 0 heterocycles. The zero-order valence-electron chi connectivity index (χ0n) is 11.3. The largest absolute Gasteiger partial charge is 0.461 e. The molecule has 98 valence electrons. The van der Waals surface area contributed by atoms with Crippen LogP contribution in [0.15, 0.2) is 24.3 Å². The van der Waals surface area contributed by atoms with Crippen LogP contribution in [0.3, 0.4) is 0 Å². The summed E-state index contributed by atoms with van der Waals surface area (Å²) in [6.45, 7) is 4.55. The van der Waals surface area contributed by atoms with Crippen LogP contribution in [-0.2, 0) is 9.53 Å². The Balaban J connectivity index is 3.29. The third-order valence-electron chi connectivity index (χ3n) is 2.51. The standard InChI is InChI=1S/C15H26O2/c1-3-5-7-9-10-11-13-15(16)17-14-12-8-6-4-2/h4,6,8,12H,3,5,7,9-11,13-14H2,1-2H3. The lowest BCUT2D eigenvalue weighted by Crippen LogP contribution is -2.03. The molecule has 0 bridgehead atoms. The molecule has 2 heteroatoms. The topological polar surface area (TPSA) is 26.3 Å². The van der Waals surface area contributed by atoms with Gasteiger partial charge in [0, 0.05) is 6.42 Å². The van der Waals surface area contributed by atoms with E-state index in [0.717, 1.165) is 12.8 Å². The summed E-state index contributed by atoms with van der Waals surface area (Å²) in [4.78, 5) is 11.3. The van der Waals surface area contributed by atoms with Gasteiger partial charge in [-0.25, -0.2) is 0 Å². The Morgan fingerprint density at radius 3 is 2.47 bits per heavy atom. The summed E-state index contributed by atoms with van der Waals surface area (Å²) in [5, 5.41) is 0. The highest BCUT2D eigenvalue weighted by molar-refractivity contribution is 5.69. The molecule has 0 fully saturated rings. The molecule has 0 saturated heterocycles. The molecule has 0 aliphatic rings. The first-order chi connectivity index (χ1) is 8.31. The van der Waals surface area contributed by atoms with Crippen LogP contribution in [0.1, 0.15) is 58.8 Å². The number of hydrogen-bond acceptors (Lipinski definition) is 2. The first-order valence-electron chi connectivity index (χ1n) is 6.74. The van der Waals surface area contributed by atoms with E-state index in [-0.39, 0.29) is 5.97 Å². The number of ether oxygens (including phenoxy) is 1. The first-order valence-corrected chi connectivity index (χ1v) is 6.74. The van der Waals surface area contributed by atoms with Gasteiger partial charge < -0.3 is 4.74 Å². The van der Waals surface area contributed by atoms with Crippen molar-refractivity contribution in [3.05, 3.63) is 24.3 Å². The normalized spacial score (nSPS) is 11.4. The predicted molar refractivity (Wildman–Crippen MR) is 72.9 cm³/mol. The molecular formula is C15H26O2. The number of unbranched alkanes of at least 4 members (excludes halogenated alkanes) is 5. The third kappa shape index (κ3) is 12.9. The van der Waals surface area contributed by atoms with E-state index in [1.807, 2.05) is 31.2 Å². The fourth-order valence-electron chi connectivity index (χ4n) is 1.51. The Kier molecular flexibility index (Phi) is 12.2. The van der Waals surface area contributed by atoms with Gasteiger partial charge in [-0.15, -0.1) is 0 Å². The van der Waals surface area contributed by atoms with E-state index >= 15 is 0 Å². The minimum atomic E-state index is -0.0781. The van der Waals surface area contributed by atoms with Gasteiger partial charge in [0.2, 0.25) is 0 Å².